The number of carbonyl (C=O) groups excluding carboxylic acids is 2. The second-order valence-corrected chi connectivity index (χ2v) is 6.24. The van der Waals surface area contributed by atoms with Crippen LogP contribution in [0.5, 0.6) is 0 Å². The topological polar surface area (TPSA) is 34.1 Å². The lowest BCUT2D eigenvalue weighted by atomic mass is 9.65. The lowest BCUT2D eigenvalue weighted by Gasteiger charge is -2.38. The summed E-state index contributed by atoms with van der Waals surface area (Å²) in [6, 6.07) is 0. The first-order valence-electron chi connectivity index (χ1n) is 6.22. The van der Waals surface area contributed by atoms with Crippen molar-refractivity contribution in [2.24, 2.45) is 23.2 Å². The minimum atomic E-state index is 0.145. The van der Waals surface area contributed by atoms with Crippen LogP contribution in [0.4, 0.5) is 0 Å². The van der Waals surface area contributed by atoms with Crippen molar-refractivity contribution in [3.8, 4) is 0 Å². The lowest BCUT2D eigenvalue weighted by Crippen LogP contribution is -2.35. The predicted octanol–water partition coefficient (Wildman–Crippen LogP) is 2.53. The zero-order valence-corrected chi connectivity index (χ0v) is 9.95. The molecule has 2 fully saturated rings. The van der Waals surface area contributed by atoms with Crippen molar-refractivity contribution in [1.82, 2.24) is 0 Å². The van der Waals surface area contributed by atoms with Crippen LogP contribution >= 0.6 is 0 Å². The maximum atomic E-state index is 11.8. The van der Waals surface area contributed by atoms with Crippen LogP contribution in [0.2, 0.25) is 0 Å². The Bertz CT molecular complexity index is 407. The summed E-state index contributed by atoms with van der Waals surface area (Å²) in [5.74, 6) is 2.08. The molecule has 16 heavy (non-hydrogen) atoms. The average Bonchev–Trinajstić information content (AvgIpc) is 2.23. The Balaban J connectivity index is 2.09. The van der Waals surface area contributed by atoms with E-state index < -0.39 is 0 Å². The summed E-state index contributed by atoms with van der Waals surface area (Å²) in [5, 5.41) is 0. The van der Waals surface area contributed by atoms with E-state index in [2.05, 4.69) is 13.8 Å². The van der Waals surface area contributed by atoms with Crippen molar-refractivity contribution in [2.45, 2.75) is 39.5 Å². The number of hydrogen-bond donors (Lipinski definition) is 0. The summed E-state index contributed by atoms with van der Waals surface area (Å²) in [4.78, 5) is 23.5. The molecule has 0 amide bonds. The molecule has 0 saturated heterocycles. The van der Waals surface area contributed by atoms with Gasteiger partial charge in [0.2, 0.25) is 0 Å². The first-order chi connectivity index (χ1) is 7.49. The molecule has 2 nitrogen and oxygen atoms in total. The third-order valence-corrected chi connectivity index (χ3v) is 4.92. The minimum Gasteiger partial charge on any atom is -0.300 e. The van der Waals surface area contributed by atoms with Gasteiger partial charge in [-0.1, -0.05) is 12.5 Å². The van der Waals surface area contributed by atoms with E-state index in [1.165, 1.54) is 5.57 Å². The molecule has 3 aliphatic rings. The number of Topliss-reactive ketones (excluding diaryl/α,β-unsaturated/α-hetero) is 1. The SMILES string of the molecule is CC1=CC(=O)CC2C[C@@]3(C)CC(=O)C[C@@H]2[C@@H]13. The molecule has 2 saturated carbocycles. The molecule has 4 atom stereocenters. The molecular formula is C14H18O2. The second-order valence-electron chi connectivity index (χ2n) is 6.24. The van der Waals surface area contributed by atoms with Crippen LogP contribution in [-0.2, 0) is 9.59 Å². The van der Waals surface area contributed by atoms with E-state index in [1.54, 1.807) is 0 Å². The molecule has 3 aliphatic carbocycles. The van der Waals surface area contributed by atoms with E-state index in [0.717, 1.165) is 12.8 Å². The fourth-order valence-electron chi connectivity index (χ4n) is 4.69. The van der Waals surface area contributed by atoms with Crippen LogP contribution in [0.15, 0.2) is 11.6 Å². The molecule has 0 aromatic heterocycles. The molecule has 1 unspecified atom stereocenters. The van der Waals surface area contributed by atoms with Crippen molar-refractivity contribution < 1.29 is 9.59 Å². The van der Waals surface area contributed by atoms with Crippen LogP contribution in [0.25, 0.3) is 0 Å². The normalized spacial score (nSPS) is 46.6. The molecule has 0 aliphatic heterocycles. The Morgan fingerprint density at radius 2 is 2.06 bits per heavy atom. The first kappa shape index (κ1) is 10.2. The Morgan fingerprint density at radius 3 is 2.81 bits per heavy atom. The van der Waals surface area contributed by atoms with E-state index in [1.807, 2.05) is 6.08 Å². The highest BCUT2D eigenvalue weighted by molar-refractivity contribution is 5.91. The number of ketones is 2. The minimum absolute atomic E-state index is 0.145. The number of hydrogen-bond acceptors (Lipinski definition) is 2. The highest BCUT2D eigenvalue weighted by atomic mass is 16.1. The zero-order valence-electron chi connectivity index (χ0n) is 9.95. The van der Waals surface area contributed by atoms with Crippen LogP contribution in [0.3, 0.4) is 0 Å². The monoisotopic (exact) mass is 218 g/mol. The van der Waals surface area contributed by atoms with Crippen LogP contribution < -0.4 is 0 Å². The van der Waals surface area contributed by atoms with Crippen LogP contribution in [0.1, 0.15) is 39.5 Å². The zero-order chi connectivity index (χ0) is 11.5. The van der Waals surface area contributed by atoms with Gasteiger partial charge in [-0.25, -0.2) is 0 Å². The maximum absolute atomic E-state index is 11.8. The summed E-state index contributed by atoms with van der Waals surface area (Å²) < 4.78 is 0. The summed E-state index contributed by atoms with van der Waals surface area (Å²) >= 11 is 0. The van der Waals surface area contributed by atoms with Crippen LogP contribution in [0, 0.1) is 23.2 Å². The quantitative estimate of drug-likeness (QED) is 0.626. The van der Waals surface area contributed by atoms with Gasteiger partial charge in [0.25, 0.3) is 0 Å². The van der Waals surface area contributed by atoms with Gasteiger partial charge in [-0.15, -0.1) is 0 Å². The number of rotatable bonds is 0. The van der Waals surface area contributed by atoms with Gasteiger partial charge in [0.1, 0.15) is 5.78 Å². The van der Waals surface area contributed by atoms with E-state index in [-0.39, 0.29) is 11.2 Å². The fraction of sp³-hybridized carbons (Fsp3) is 0.714. The number of carbonyl (C=O) groups is 2. The van der Waals surface area contributed by atoms with Crippen molar-refractivity contribution >= 4 is 11.6 Å². The number of allylic oxidation sites excluding steroid dienone is 2. The first-order valence-corrected chi connectivity index (χ1v) is 6.22. The highest BCUT2D eigenvalue weighted by Crippen LogP contribution is 2.61. The van der Waals surface area contributed by atoms with Gasteiger partial charge < -0.3 is 0 Å². The predicted molar refractivity (Wildman–Crippen MR) is 60.8 cm³/mol. The molecule has 2 heteroatoms. The van der Waals surface area contributed by atoms with E-state index in [0.29, 0.717) is 36.4 Å². The second kappa shape index (κ2) is 3.06. The molecule has 0 aromatic rings. The molecule has 0 spiro atoms. The molecule has 0 N–H and O–H groups in total. The summed E-state index contributed by atoms with van der Waals surface area (Å²) in [5.41, 5.74) is 1.37. The van der Waals surface area contributed by atoms with Crippen LogP contribution in [-0.4, -0.2) is 11.6 Å². The third kappa shape index (κ3) is 1.25. The van der Waals surface area contributed by atoms with Crippen molar-refractivity contribution in [1.29, 1.82) is 0 Å². The Hall–Kier alpha value is -0.920. The van der Waals surface area contributed by atoms with E-state index in [9.17, 15) is 9.59 Å². The van der Waals surface area contributed by atoms with E-state index >= 15 is 0 Å². The van der Waals surface area contributed by atoms with Gasteiger partial charge in [-0.05, 0) is 42.6 Å². The fourth-order valence-corrected chi connectivity index (χ4v) is 4.69. The standard InChI is InChI=1S/C14H18O2/c1-8-3-10(15)4-9-6-14(2)7-11(16)5-12(9)13(8)14/h3,9,12-13H,4-7H2,1-2H3/t9?,12-,13+,14-/m0/s1. The highest BCUT2D eigenvalue weighted by Gasteiger charge is 2.56. The van der Waals surface area contributed by atoms with Gasteiger partial charge in [-0.2, -0.15) is 0 Å². The molecule has 0 heterocycles. The van der Waals surface area contributed by atoms with Crippen molar-refractivity contribution in [3.63, 3.8) is 0 Å². The molecule has 0 radical (unpaired) electrons. The average molecular weight is 218 g/mol. The molecular weight excluding hydrogens is 200 g/mol. The third-order valence-electron chi connectivity index (χ3n) is 4.92. The molecule has 0 aromatic carbocycles. The Kier molecular flexibility index (Phi) is 1.96. The van der Waals surface area contributed by atoms with E-state index in [4.69, 9.17) is 0 Å². The molecule has 3 rings (SSSR count). The smallest absolute Gasteiger partial charge is 0.155 e. The Labute approximate surface area is 96.1 Å². The molecule has 4 bridgehead atoms. The van der Waals surface area contributed by atoms with Gasteiger partial charge in [0.15, 0.2) is 5.78 Å². The van der Waals surface area contributed by atoms with Gasteiger partial charge in [-0.3, -0.25) is 9.59 Å². The molecule has 86 valence electrons. The summed E-state index contributed by atoms with van der Waals surface area (Å²) in [6.07, 6.45) is 5.02. The van der Waals surface area contributed by atoms with Gasteiger partial charge in [0, 0.05) is 19.3 Å². The Morgan fingerprint density at radius 1 is 1.31 bits per heavy atom. The van der Waals surface area contributed by atoms with Crippen molar-refractivity contribution in [3.05, 3.63) is 11.6 Å². The summed E-state index contributed by atoms with van der Waals surface area (Å²) in [6.45, 7) is 4.33. The summed E-state index contributed by atoms with van der Waals surface area (Å²) in [7, 11) is 0. The largest absolute Gasteiger partial charge is 0.300 e. The maximum Gasteiger partial charge on any atom is 0.155 e. The van der Waals surface area contributed by atoms with Gasteiger partial charge >= 0.3 is 0 Å². The van der Waals surface area contributed by atoms with Crippen molar-refractivity contribution in [2.75, 3.05) is 0 Å². The van der Waals surface area contributed by atoms with Gasteiger partial charge in [0.05, 0.1) is 0 Å². The lowest BCUT2D eigenvalue weighted by molar-refractivity contribution is -0.125.